The Balaban J connectivity index is 1.65. The molecule has 1 atom stereocenters. The lowest BCUT2D eigenvalue weighted by Crippen LogP contribution is -2.31. The zero-order valence-corrected chi connectivity index (χ0v) is 16.3. The van der Waals surface area contributed by atoms with Crippen molar-refractivity contribution in [2.45, 2.75) is 56.3 Å². The summed E-state index contributed by atoms with van der Waals surface area (Å²) in [6.07, 6.45) is 6.01. The molecule has 6 nitrogen and oxygen atoms in total. The molecule has 27 heavy (non-hydrogen) atoms. The van der Waals surface area contributed by atoms with Crippen LogP contribution >= 0.6 is 0 Å². The predicted molar refractivity (Wildman–Crippen MR) is 99.2 cm³/mol. The van der Waals surface area contributed by atoms with Crippen LogP contribution in [0.4, 0.5) is 4.39 Å². The maximum atomic E-state index is 13.2. The number of hydrogen-bond acceptors (Lipinski definition) is 4. The third-order valence-corrected chi connectivity index (χ3v) is 7.84. The minimum Gasteiger partial charge on any atom is -0.263 e. The number of sulfonamides is 1. The largest absolute Gasteiger partial charge is 0.263 e. The summed E-state index contributed by atoms with van der Waals surface area (Å²) in [7, 11) is -3.66. The lowest BCUT2D eigenvalue weighted by Gasteiger charge is -2.28. The molecule has 8 heteroatoms. The molecule has 1 aromatic carbocycles. The van der Waals surface area contributed by atoms with Crippen LogP contribution in [-0.2, 0) is 16.4 Å². The van der Waals surface area contributed by atoms with Gasteiger partial charge in [0.05, 0.1) is 4.90 Å². The molecule has 2 aromatic rings. The maximum Gasteiger partial charge on any atom is 0.243 e. The van der Waals surface area contributed by atoms with Crippen LogP contribution in [0.1, 0.15) is 56.6 Å². The zero-order valence-electron chi connectivity index (χ0n) is 15.5. The summed E-state index contributed by atoms with van der Waals surface area (Å²) in [5, 5.41) is 7.44. The summed E-state index contributed by atoms with van der Waals surface area (Å²) < 4.78 is 41.0. The van der Waals surface area contributed by atoms with E-state index in [9.17, 15) is 12.8 Å². The third-order valence-electron chi connectivity index (χ3n) is 6.01. The SMILES string of the molecule is CCCc1nc(C2CN(S(=O)(=O)c3ccc(F)cc3)CC23CCCC3)n[nH]1. The number of nitrogens with zero attached hydrogens (tertiary/aromatic N) is 3. The summed E-state index contributed by atoms with van der Waals surface area (Å²) in [4.78, 5) is 4.80. The van der Waals surface area contributed by atoms with Gasteiger partial charge in [-0.25, -0.2) is 17.8 Å². The van der Waals surface area contributed by atoms with E-state index < -0.39 is 15.8 Å². The van der Waals surface area contributed by atoms with Crippen molar-refractivity contribution in [3.8, 4) is 0 Å². The fourth-order valence-corrected chi connectivity index (χ4v) is 6.17. The molecule has 1 aliphatic carbocycles. The second-order valence-electron chi connectivity index (χ2n) is 7.76. The Kier molecular flexibility index (Phi) is 4.80. The topological polar surface area (TPSA) is 79.0 Å². The first kappa shape index (κ1) is 18.6. The molecule has 2 fully saturated rings. The Morgan fingerprint density at radius 1 is 1.26 bits per heavy atom. The Labute approximate surface area is 159 Å². The molecular formula is C19H25FN4O2S. The molecule has 0 radical (unpaired) electrons. The van der Waals surface area contributed by atoms with Gasteiger partial charge in [0, 0.05) is 25.4 Å². The molecule has 1 saturated heterocycles. The summed E-state index contributed by atoms with van der Waals surface area (Å²) >= 11 is 0. The van der Waals surface area contributed by atoms with Crippen LogP contribution < -0.4 is 0 Å². The quantitative estimate of drug-likeness (QED) is 0.847. The third kappa shape index (κ3) is 3.29. The van der Waals surface area contributed by atoms with Crippen LogP contribution in [0.2, 0.25) is 0 Å². The van der Waals surface area contributed by atoms with Crippen molar-refractivity contribution in [2.75, 3.05) is 13.1 Å². The molecule has 4 rings (SSSR count). The Morgan fingerprint density at radius 2 is 1.96 bits per heavy atom. The van der Waals surface area contributed by atoms with Crippen molar-refractivity contribution in [3.63, 3.8) is 0 Å². The molecule has 1 aromatic heterocycles. The smallest absolute Gasteiger partial charge is 0.243 e. The highest BCUT2D eigenvalue weighted by Gasteiger charge is 2.53. The minimum absolute atomic E-state index is 0.00270. The summed E-state index contributed by atoms with van der Waals surface area (Å²) in [5.41, 5.74) is -0.0984. The van der Waals surface area contributed by atoms with Crippen LogP contribution in [-0.4, -0.2) is 41.0 Å². The van der Waals surface area contributed by atoms with E-state index in [4.69, 9.17) is 0 Å². The van der Waals surface area contributed by atoms with Gasteiger partial charge in [0.25, 0.3) is 0 Å². The van der Waals surface area contributed by atoms with Crippen molar-refractivity contribution in [3.05, 3.63) is 41.7 Å². The van der Waals surface area contributed by atoms with Crippen LogP contribution in [0.3, 0.4) is 0 Å². The van der Waals surface area contributed by atoms with E-state index in [1.165, 1.54) is 24.3 Å². The maximum absolute atomic E-state index is 13.2. The fourth-order valence-electron chi connectivity index (χ4n) is 4.62. The number of hydrogen-bond donors (Lipinski definition) is 1. The van der Waals surface area contributed by atoms with E-state index in [1.807, 2.05) is 0 Å². The van der Waals surface area contributed by atoms with E-state index in [2.05, 4.69) is 22.1 Å². The standard InChI is InChI=1S/C19H25FN4O2S/c1-2-5-17-21-18(23-22-17)16-12-24(13-19(16)10-3-4-11-19)27(25,26)15-8-6-14(20)7-9-15/h6-9,16H,2-5,10-13H2,1H3,(H,21,22,23). The number of aromatic nitrogens is 3. The number of aromatic amines is 1. The number of aryl methyl sites for hydroxylation is 1. The number of halogens is 1. The predicted octanol–water partition coefficient (Wildman–Crippen LogP) is 3.24. The highest BCUT2D eigenvalue weighted by Crippen LogP contribution is 2.53. The van der Waals surface area contributed by atoms with E-state index >= 15 is 0 Å². The Bertz CT molecular complexity index is 904. The van der Waals surface area contributed by atoms with E-state index in [1.54, 1.807) is 4.31 Å². The highest BCUT2D eigenvalue weighted by atomic mass is 32.2. The number of benzene rings is 1. The highest BCUT2D eigenvalue weighted by molar-refractivity contribution is 7.89. The van der Waals surface area contributed by atoms with Gasteiger partial charge >= 0.3 is 0 Å². The molecule has 2 aliphatic rings. The lowest BCUT2D eigenvalue weighted by molar-refractivity contribution is 0.277. The number of nitrogens with one attached hydrogen (secondary N) is 1. The van der Waals surface area contributed by atoms with Crippen molar-refractivity contribution in [2.24, 2.45) is 5.41 Å². The van der Waals surface area contributed by atoms with E-state index in [0.29, 0.717) is 13.1 Å². The summed E-state index contributed by atoms with van der Waals surface area (Å²) in [5.74, 6) is 1.15. The first-order chi connectivity index (χ1) is 12.9. The molecular weight excluding hydrogens is 367 g/mol. The summed E-state index contributed by atoms with van der Waals surface area (Å²) in [6, 6.07) is 5.06. The zero-order chi connectivity index (χ0) is 19.1. The second-order valence-corrected chi connectivity index (χ2v) is 9.70. The number of rotatable bonds is 5. The van der Waals surface area contributed by atoms with Crippen molar-refractivity contribution in [1.82, 2.24) is 19.5 Å². The van der Waals surface area contributed by atoms with Crippen molar-refractivity contribution < 1.29 is 12.8 Å². The lowest BCUT2D eigenvalue weighted by atomic mass is 9.76. The molecule has 0 bridgehead atoms. The molecule has 1 saturated carbocycles. The van der Waals surface area contributed by atoms with Crippen LogP contribution in [0, 0.1) is 11.2 Å². The minimum atomic E-state index is -3.66. The Morgan fingerprint density at radius 3 is 2.63 bits per heavy atom. The molecule has 1 aliphatic heterocycles. The molecule has 0 amide bonds. The normalized spacial score (nSPS) is 22.7. The second kappa shape index (κ2) is 6.98. The molecule has 2 heterocycles. The van der Waals surface area contributed by atoms with E-state index in [0.717, 1.165) is 50.2 Å². The van der Waals surface area contributed by atoms with Gasteiger partial charge in [-0.15, -0.1) is 0 Å². The molecule has 1 unspecified atom stereocenters. The monoisotopic (exact) mass is 392 g/mol. The Hall–Kier alpha value is -1.80. The number of H-pyrrole nitrogens is 1. The van der Waals surface area contributed by atoms with Gasteiger partial charge in [-0.1, -0.05) is 19.8 Å². The fraction of sp³-hybridized carbons (Fsp3) is 0.579. The van der Waals surface area contributed by atoms with Gasteiger partial charge < -0.3 is 0 Å². The van der Waals surface area contributed by atoms with Gasteiger partial charge in [0.2, 0.25) is 10.0 Å². The summed E-state index contributed by atoms with van der Waals surface area (Å²) in [6.45, 7) is 2.95. The van der Waals surface area contributed by atoms with Crippen LogP contribution in [0.15, 0.2) is 29.2 Å². The van der Waals surface area contributed by atoms with Crippen molar-refractivity contribution in [1.29, 1.82) is 0 Å². The van der Waals surface area contributed by atoms with Gasteiger partial charge in [0.15, 0.2) is 5.82 Å². The first-order valence-corrected chi connectivity index (χ1v) is 11.1. The van der Waals surface area contributed by atoms with Gasteiger partial charge in [0.1, 0.15) is 11.6 Å². The molecule has 146 valence electrons. The van der Waals surface area contributed by atoms with Crippen molar-refractivity contribution >= 4 is 10.0 Å². The van der Waals surface area contributed by atoms with Gasteiger partial charge in [-0.2, -0.15) is 9.40 Å². The van der Waals surface area contributed by atoms with Crippen LogP contribution in [0.5, 0.6) is 0 Å². The van der Waals surface area contributed by atoms with Gasteiger partial charge in [-0.3, -0.25) is 5.10 Å². The molecule has 1 spiro atoms. The first-order valence-electron chi connectivity index (χ1n) is 9.61. The average molecular weight is 393 g/mol. The van der Waals surface area contributed by atoms with Gasteiger partial charge in [-0.05, 0) is 48.9 Å². The average Bonchev–Trinajstić information content (AvgIpc) is 3.37. The molecule has 1 N–H and O–H groups in total. The van der Waals surface area contributed by atoms with Crippen LogP contribution in [0.25, 0.3) is 0 Å². The van der Waals surface area contributed by atoms with E-state index in [-0.39, 0.29) is 16.2 Å².